The highest BCUT2D eigenvalue weighted by atomic mass is 35.5. The van der Waals surface area contributed by atoms with Crippen molar-refractivity contribution in [2.24, 2.45) is 0 Å². The van der Waals surface area contributed by atoms with Crippen molar-refractivity contribution in [1.82, 2.24) is 0 Å². The van der Waals surface area contributed by atoms with Gasteiger partial charge in [-0.2, -0.15) is 0 Å². The van der Waals surface area contributed by atoms with Gasteiger partial charge in [0.2, 0.25) is 0 Å². The average molecular weight is 408 g/mol. The molecule has 0 heterocycles. The summed E-state index contributed by atoms with van der Waals surface area (Å²) in [6.07, 6.45) is 0. The van der Waals surface area contributed by atoms with Crippen molar-refractivity contribution in [2.75, 3.05) is 38.9 Å². The van der Waals surface area contributed by atoms with Gasteiger partial charge in [-0.1, -0.05) is 23.7 Å². The normalized spacial score (nSPS) is 10.6. The number of methoxy groups -OCH3 is 1. The lowest BCUT2D eigenvalue weighted by Crippen LogP contribution is -2.13. The molecule has 2 aromatic rings. The number of anilines is 1. The first-order chi connectivity index (χ1) is 13.6. The number of carbonyl (C=O) groups excluding carboxylic acids is 1. The lowest BCUT2D eigenvalue weighted by Gasteiger charge is -2.13. The summed E-state index contributed by atoms with van der Waals surface area (Å²) in [5.74, 6) is 0.544. The molecule has 152 valence electrons. The Morgan fingerprint density at radius 2 is 1.86 bits per heavy atom. The molecule has 0 radical (unpaired) electrons. The molecular weight excluding hydrogens is 382 g/mol. The number of ether oxygens (including phenoxy) is 4. The van der Waals surface area contributed by atoms with Gasteiger partial charge in [-0.05, 0) is 43.7 Å². The van der Waals surface area contributed by atoms with E-state index in [0.29, 0.717) is 60.8 Å². The van der Waals surface area contributed by atoms with Crippen LogP contribution in [0.2, 0.25) is 5.02 Å². The van der Waals surface area contributed by atoms with Crippen molar-refractivity contribution in [3.63, 3.8) is 0 Å². The van der Waals surface area contributed by atoms with Crippen LogP contribution in [0.25, 0.3) is 0 Å². The maximum Gasteiger partial charge on any atom is 0.255 e. The number of hydrogen-bond acceptors (Lipinski definition) is 5. The molecule has 2 aromatic carbocycles. The van der Waals surface area contributed by atoms with Crippen LogP contribution >= 0.6 is 11.6 Å². The minimum Gasteiger partial charge on any atom is -0.493 e. The van der Waals surface area contributed by atoms with Crippen molar-refractivity contribution >= 4 is 23.2 Å². The third-order valence-electron chi connectivity index (χ3n) is 3.81. The van der Waals surface area contributed by atoms with Crippen molar-refractivity contribution < 1.29 is 23.7 Å². The summed E-state index contributed by atoms with van der Waals surface area (Å²) in [4.78, 5) is 12.6. The van der Waals surface area contributed by atoms with Gasteiger partial charge in [0, 0.05) is 17.9 Å². The first kappa shape index (κ1) is 22.0. The lowest BCUT2D eigenvalue weighted by molar-refractivity contribution is 0.0453. The molecule has 28 heavy (non-hydrogen) atoms. The SMILES string of the molecule is CCOCCOCc1cccc(NC(=O)c2cc(Cl)c(OCC)c(OC)c2)c1. The van der Waals surface area contributed by atoms with Crippen molar-refractivity contribution in [3.05, 3.63) is 52.5 Å². The molecule has 0 aliphatic rings. The Bertz CT molecular complexity index is 781. The molecule has 0 aromatic heterocycles. The van der Waals surface area contributed by atoms with Crippen LogP contribution in [0.3, 0.4) is 0 Å². The predicted octanol–water partition coefficient (Wildman–Crippen LogP) is 4.55. The molecular formula is C21H26ClNO5. The van der Waals surface area contributed by atoms with Gasteiger partial charge in [0.15, 0.2) is 11.5 Å². The van der Waals surface area contributed by atoms with E-state index in [-0.39, 0.29) is 5.91 Å². The molecule has 0 bridgehead atoms. The summed E-state index contributed by atoms with van der Waals surface area (Å²) in [6, 6.07) is 10.6. The van der Waals surface area contributed by atoms with Crippen molar-refractivity contribution in [2.45, 2.75) is 20.5 Å². The van der Waals surface area contributed by atoms with E-state index in [1.54, 1.807) is 12.1 Å². The van der Waals surface area contributed by atoms with E-state index in [0.717, 1.165) is 5.56 Å². The molecule has 0 unspecified atom stereocenters. The van der Waals surface area contributed by atoms with Crippen LogP contribution < -0.4 is 14.8 Å². The molecule has 1 amide bonds. The maximum atomic E-state index is 12.6. The number of benzene rings is 2. The minimum absolute atomic E-state index is 0.294. The number of rotatable bonds is 11. The second-order valence-electron chi connectivity index (χ2n) is 5.83. The number of hydrogen-bond donors (Lipinski definition) is 1. The van der Waals surface area contributed by atoms with Crippen LogP contribution in [0.15, 0.2) is 36.4 Å². The van der Waals surface area contributed by atoms with Crippen LogP contribution in [0.5, 0.6) is 11.5 Å². The Morgan fingerprint density at radius 3 is 2.57 bits per heavy atom. The first-order valence-corrected chi connectivity index (χ1v) is 9.52. The standard InChI is InChI=1S/C21H26ClNO5/c1-4-26-9-10-27-14-15-7-6-8-17(11-15)23-21(24)16-12-18(22)20(28-5-2)19(13-16)25-3/h6-8,11-13H,4-5,9-10,14H2,1-3H3,(H,23,24). The van der Waals surface area contributed by atoms with Crippen LogP contribution in [0.1, 0.15) is 29.8 Å². The van der Waals surface area contributed by atoms with Crippen LogP contribution in [-0.4, -0.2) is 39.4 Å². The number of nitrogens with one attached hydrogen (secondary N) is 1. The molecule has 6 nitrogen and oxygen atoms in total. The highest BCUT2D eigenvalue weighted by molar-refractivity contribution is 6.32. The van der Waals surface area contributed by atoms with Gasteiger partial charge >= 0.3 is 0 Å². The Morgan fingerprint density at radius 1 is 1.07 bits per heavy atom. The van der Waals surface area contributed by atoms with Crippen LogP contribution in [0.4, 0.5) is 5.69 Å². The molecule has 0 saturated heterocycles. The molecule has 0 aliphatic heterocycles. The minimum atomic E-state index is -0.294. The largest absolute Gasteiger partial charge is 0.493 e. The summed E-state index contributed by atoms with van der Waals surface area (Å²) in [5.41, 5.74) is 2.00. The lowest BCUT2D eigenvalue weighted by atomic mass is 10.1. The average Bonchev–Trinajstić information content (AvgIpc) is 2.69. The fourth-order valence-electron chi connectivity index (χ4n) is 2.53. The Kier molecular flexibility index (Phi) is 9.07. The summed E-state index contributed by atoms with van der Waals surface area (Å²) < 4.78 is 21.6. The predicted molar refractivity (Wildman–Crippen MR) is 110 cm³/mol. The van der Waals surface area contributed by atoms with Gasteiger partial charge in [-0.15, -0.1) is 0 Å². The van der Waals surface area contributed by atoms with Gasteiger partial charge in [0.25, 0.3) is 5.91 Å². The molecule has 0 atom stereocenters. The number of carbonyl (C=O) groups is 1. The van der Waals surface area contributed by atoms with E-state index in [9.17, 15) is 4.79 Å². The van der Waals surface area contributed by atoms with Gasteiger partial charge in [0.05, 0.1) is 38.6 Å². The van der Waals surface area contributed by atoms with Gasteiger partial charge in [0.1, 0.15) is 0 Å². The topological polar surface area (TPSA) is 66.0 Å². The summed E-state index contributed by atoms with van der Waals surface area (Å²) in [5, 5.41) is 3.19. The van der Waals surface area contributed by atoms with E-state index in [2.05, 4.69) is 5.32 Å². The summed E-state index contributed by atoms with van der Waals surface area (Å²) in [6.45, 7) is 6.44. The highest BCUT2D eigenvalue weighted by Crippen LogP contribution is 2.36. The highest BCUT2D eigenvalue weighted by Gasteiger charge is 2.16. The quantitative estimate of drug-likeness (QED) is 0.553. The second-order valence-corrected chi connectivity index (χ2v) is 6.23. The fourth-order valence-corrected chi connectivity index (χ4v) is 2.79. The zero-order valence-electron chi connectivity index (χ0n) is 16.4. The zero-order valence-corrected chi connectivity index (χ0v) is 17.2. The van der Waals surface area contributed by atoms with E-state index < -0.39 is 0 Å². The van der Waals surface area contributed by atoms with Crippen molar-refractivity contribution in [1.29, 1.82) is 0 Å². The molecule has 0 saturated carbocycles. The Balaban J connectivity index is 2.04. The van der Waals surface area contributed by atoms with Crippen LogP contribution in [-0.2, 0) is 16.1 Å². The van der Waals surface area contributed by atoms with E-state index in [1.807, 2.05) is 38.1 Å². The monoisotopic (exact) mass is 407 g/mol. The summed E-state index contributed by atoms with van der Waals surface area (Å²) in [7, 11) is 1.50. The molecule has 1 N–H and O–H groups in total. The molecule has 0 spiro atoms. The Hall–Kier alpha value is -2.28. The van der Waals surface area contributed by atoms with Gasteiger partial charge < -0.3 is 24.3 Å². The molecule has 0 fully saturated rings. The third kappa shape index (κ3) is 6.41. The molecule has 0 aliphatic carbocycles. The van der Waals surface area contributed by atoms with E-state index in [4.69, 9.17) is 30.5 Å². The number of amides is 1. The molecule has 2 rings (SSSR count). The molecule has 7 heteroatoms. The maximum absolute atomic E-state index is 12.6. The van der Waals surface area contributed by atoms with E-state index >= 15 is 0 Å². The Labute approximate surface area is 170 Å². The van der Waals surface area contributed by atoms with Gasteiger partial charge in [-0.3, -0.25) is 4.79 Å². The van der Waals surface area contributed by atoms with Crippen LogP contribution in [0, 0.1) is 0 Å². The van der Waals surface area contributed by atoms with Gasteiger partial charge in [-0.25, -0.2) is 0 Å². The second kappa shape index (κ2) is 11.5. The summed E-state index contributed by atoms with van der Waals surface area (Å²) >= 11 is 6.25. The number of halogens is 1. The smallest absolute Gasteiger partial charge is 0.255 e. The fraction of sp³-hybridized carbons (Fsp3) is 0.381. The van der Waals surface area contributed by atoms with E-state index in [1.165, 1.54) is 7.11 Å². The third-order valence-corrected chi connectivity index (χ3v) is 4.09. The van der Waals surface area contributed by atoms with Crippen molar-refractivity contribution in [3.8, 4) is 11.5 Å². The first-order valence-electron chi connectivity index (χ1n) is 9.15. The zero-order chi connectivity index (χ0) is 20.4.